The molecule has 2 aromatic rings. The monoisotopic (exact) mass is 431 g/mol. The highest BCUT2D eigenvalue weighted by molar-refractivity contribution is 5.94. The number of aromatic nitrogens is 1. The van der Waals surface area contributed by atoms with Crippen LogP contribution < -0.4 is 5.32 Å². The van der Waals surface area contributed by atoms with Gasteiger partial charge in [0.1, 0.15) is 0 Å². The average Bonchev–Trinajstić information content (AvgIpc) is 3.45. The maximum Gasteiger partial charge on any atom is 0.416 e. The SMILES string of the molecule is Cc1cccc(CNC(=O)[C@@H]2CC23CCN(C(=O)c2ccc(C(F)(F)F)cc2)CC3)n1. The molecule has 1 aromatic carbocycles. The summed E-state index contributed by atoms with van der Waals surface area (Å²) in [5.41, 5.74) is 1.13. The number of aryl methyl sites for hydroxylation is 1. The van der Waals surface area contributed by atoms with Gasteiger partial charge in [0.05, 0.1) is 17.8 Å². The van der Waals surface area contributed by atoms with Crippen LogP contribution in [0.2, 0.25) is 0 Å². The highest BCUT2D eigenvalue weighted by Gasteiger charge is 2.58. The van der Waals surface area contributed by atoms with Crippen molar-refractivity contribution in [1.29, 1.82) is 0 Å². The molecule has 1 aliphatic carbocycles. The number of piperidine rings is 1. The van der Waals surface area contributed by atoms with Crippen LogP contribution in [0.15, 0.2) is 42.5 Å². The van der Waals surface area contributed by atoms with E-state index >= 15 is 0 Å². The molecule has 2 fully saturated rings. The number of amides is 2. The van der Waals surface area contributed by atoms with Crippen molar-refractivity contribution in [3.8, 4) is 0 Å². The fraction of sp³-hybridized carbons (Fsp3) is 0.435. The molecule has 0 unspecified atom stereocenters. The van der Waals surface area contributed by atoms with E-state index in [1.807, 2.05) is 25.1 Å². The van der Waals surface area contributed by atoms with E-state index in [0.717, 1.165) is 42.8 Å². The first kappa shape index (κ1) is 21.3. The van der Waals surface area contributed by atoms with E-state index in [4.69, 9.17) is 0 Å². The first-order valence-electron chi connectivity index (χ1n) is 10.3. The van der Waals surface area contributed by atoms with E-state index in [-0.39, 0.29) is 28.7 Å². The van der Waals surface area contributed by atoms with Crippen molar-refractivity contribution in [3.05, 3.63) is 65.0 Å². The van der Waals surface area contributed by atoms with Gasteiger partial charge in [-0.15, -0.1) is 0 Å². The number of pyridine rings is 1. The zero-order valence-electron chi connectivity index (χ0n) is 17.2. The van der Waals surface area contributed by atoms with Gasteiger partial charge in [0.15, 0.2) is 0 Å². The van der Waals surface area contributed by atoms with Crippen molar-refractivity contribution in [2.24, 2.45) is 11.3 Å². The van der Waals surface area contributed by atoms with E-state index in [2.05, 4.69) is 10.3 Å². The zero-order valence-corrected chi connectivity index (χ0v) is 17.2. The Bertz CT molecular complexity index is 980. The quantitative estimate of drug-likeness (QED) is 0.797. The van der Waals surface area contributed by atoms with Crippen molar-refractivity contribution in [1.82, 2.24) is 15.2 Å². The lowest BCUT2D eigenvalue weighted by Crippen LogP contribution is -2.40. The molecule has 1 aliphatic heterocycles. The molecule has 0 radical (unpaired) electrons. The Kier molecular flexibility index (Phi) is 5.49. The fourth-order valence-electron chi connectivity index (χ4n) is 4.41. The van der Waals surface area contributed by atoms with Crippen LogP contribution >= 0.6 is 0 Å². The van der Waals surface area contributed by atoms with Crippen LogP contribution in [-0.4, -0.2) is 34.8 Å². The number of alkyl halides is 3. The third kappa shape index (κ3) is 4.57. The van der Waals surface area contributed by atoms with Crippen LogP contribution in [0.5, 0.6) is 0 Å². The molecule has 1 N–H and O–H groups in total. The minimum atomic E-state index is -4.42. The maximum absolute atomic E-state index is 12.7. The topological polar surface area (TPSA) is 62.3 Å². The molecular weight excluding hydrogens is 407 g/mol. The second kappa shape index (κ2) is 7.98. The molecule has 2 amide bonds. The molecule has 2 heterocycles. The summed E-state index contributed by atoms with van der Waals surface area (Å²) < 4.78 is 38.1. The lowest BCUT2D eigenvalue weighted by molar-refractivity contribution is -0.137. The van der Waals surface area contributed by atoms with Crippen molar-refractivity contribution >= 4 is 11.8 Å². The first-order chi connectivity index (χ1) is 14.7. The van der Waals surface area contributed by atoms with Crippen LogP contribution in [0.3, 0.4) is 0 Å². The molecule has 0 bridgehead atoms. The highest BCUT2D eigenvalue weighted by atomic mass is 19.4. The van der Waals surface area contributed by atoms with E-state index in [0.29, 0.717) is 19.6 Å². The van der Waals surface area contributed by atoms with Crippen molar-refractivity contribution < 1.29 is 22.8 Å². The predicted octanol–water partition coefficient (Wildman–Crippen LogP) is 3.97. The molecule has 1 spiro atoms. The molecule has 1 atom stereocenters. The zero-order chi connectivity index (χ0) is 22.2. The number of hydrogen-bond donors (Lipinski definition) is 1. The van der Waals surface area contributed by atoms with Gasteiger partial charge in [-0.1, -0.05) is 6.07 Å². The van der Waals surface area contributed by atoms with Gasteiger partial charge < -0.3 is 10.2 Å². The molecule has 1 aromatic heterocycles. The summed E-state index contributed by atoms with van der Waals surface area (Å²) in [5, 5.41) is 2.96. The highest BCUT2D eigenvalue weighted by Crippen LogP contribution is 2.59. The minimum Gasteiger partial charge on any atom is -0.350 e. The predicted molar refractivity (Wildman–Crippen MR) is 108 cm³/mol. The standard InChI is InChI=1S/C23H24F3N3O2/c1-15-3-2-4-18(28-15)14-27-20(30)19-13-22(19)9-11-29(12-10-22)21(31)16-5-7-17(8-6-16)23(24,25)26/h2-8,19H,9-14H2,1H3,(H,27,30)/t19-/m0/s1. The molecule has 1 saturated carbocycles. The van der Waals surface area contributed by atoms with Crippen LogP contribution in [0.25, 0.3) is 0 Å². The number of nitrogens with zero attached hydrogens (tertiary/aromatic N) is 2. The number of likely N-dealkylation sites (tertiary alicyclic amines) is 1. The van der Waals surface area contributed by atoms with Crippen LogP contribution in [0, 0.1) is 18.3 Å². The first-order valence-corrected chi connectivity index (χ1v) is 10.3. The lowest BCUT2D eigenvalue weighted by Gasteiger charge is -2.33. The molecule has 5 nitrogen and oxygen atoms in total. The van der Waals surface area contributed by atoms with Gasteiger partial charge in [-0.25, -0.2) is 0 Å². The van der Waals surface area contributed by atoms with Gasteiger partial charge >= 0.3 is 6.18 Å². The number of nitrogens with one attached hydrogen (secondary N) is 1. The summed E-state index contributed by atoms with van der Waals surface area (Å²) in [6.07, 6.45) is -2.17. The number of halogens is 3. The number of hydrogen-bond acceptors (Lipinski definition) is 3. The summed E-state index contributed by atoms with van der Waals surface area (Å²) in [6, 6.07) is 10.0. The van der Waals surface area contributed by atoms with Gasteiger partial charge in [0.25, 0.3) is 5.91 Å². The Labute approximate surface area is 178 Å². The molecule has 31 heavy (non-hydrogen) atoms. The summed E-state index contributed by atoms with van der Waals surface area (Å²) in [7, 11) is 0. The van der Waals surface area contributed by atoms with Crippen molar-refractivity contribution in [2.45, 2.75) is 38.9 Å². The Morgan fingerprint density at radius 1 is 1.13 bits per heavy atom. The fourth-order valence-corrected chi connectivity index (χ4v) is 4.41. The second-order valence-corrected chi connectivity index (χ2v) is 8.47. The number of carbonyl (C=O) groups is 2. The number of benzene rings is 1. The Balaban J connectivity index is 1.28. The Morgan fingerprint density at radius 2 is 1.81 bits per heavy atom. The summed E-state index contributed by atoms with van der Waals surface area (Å²) in [6.45, 7) is 3.30. The van der Waals surface area contributed by atoms with Crippen molar-refractivity contribution in [2.75, 3.05) is 13.1 Å². The minimum absolute atomic E-state index is 0.0193. The second-order valence-electron chi connectivity index (χ2n) is 8.47. The molecular formula is C23H24F3N3O2. The largest absolute Gasteiger partial charge is 0.416 e. The van der Waals surface area contributed by atoms with Crippen LogP contribution in [0.1, 0.15) is 46.6 Å². The molecule has 8 heteroatoms. The van der Waals surface area contributed by atoms with Crippen LogP contribution in [-0.2, 0) is 17.5 Å². The molecule has 1 saturated heterocycles. The van der Waals surface area contributed by atoms with Gasteiger partial charge in [-0.05, 0) is 68.0 Å². The average molecular weight is 431 g/mol. The lowest BCUT2D eigenvalue weighted by atomic mass is 9.90. The van der Waals surface area contributed by atoms with Crippen LogP contribution in [0.4, 0.5) is 13.2 Å². The molecule has 2 aliphatic rings. The van der Waals surface area contributed by atoms with Crippen molar-refractivity contribution in [3.63, 3.8) is 0 Å². The summed E-state index contributed by atoms with van der Waals surface area (Å²) >= 11 is 0. The number of rotatable bonds is 4. The summed E-state index contributed by atoms with van der Waals surface area (Å²) in [5.74, 6) is -0.304. The normalized spacial score (nSPS) is 19.9. The van der Waals surface area contributed by atoms with E-state index < -0.39 is 11.7 Å². The van der Waals surface area contributed by atoms with E-state index in [1.54, 1.807) is 4.90 Å². The molecule has 4 rings (SSSR count). The van der Waals surface area contributed by atoms with Gasteiger partial charge in [-0.2, -0.15) is 13.2 Å². The summed E-state index contributed by atoms with van der Waals surface area (Å²) in [4.78, 5) is 31.3. The smallest absolute Gasteiger partial charge is 0.350 e. The van der Waals surface area contributed by atoms with Gasteiger partial charge in [-0.3, -0.25) is 14.6 Å². The molecule has 164 valence electrons. The maximum atomic E-state index is 12.7. The Hall–Kier alpha value is -2.90. The Morgan fingerprint density at radius 3 is 2.42 bits per heavy atom. The van der Waals surface area contributed by atoms with E-state index in [1.165, 1.54) is 12.1 Å². The van der Waals surface area contributed by atoms with Gasteiger partial charge in [0.2, 0.25) is 5.91 Å². The third-order valence-corrected chi connectivity index (χ3v) is 6.40. The van der Waals surface area contributed by atoms with Gasteiger partial charge in [0, 0.05) is 30.3 Å². The van der Waals surface area contributed by atoms with E-state index in [9.17, 15) is 22.8 Å². The third-order valence-electron chi connectivity index (χ3n) is 6.40. The number of carbonyl (C=O) groups excluding carboxylic acids is 2.